The lowest BCUT2D eigenvalue weighted by molar-refractivity contribution is -0.387. The fraction of sp³-hybridized carbons (Fsp3) is 0.143. The number of hydrogen-bond donors (Lipinski definition) is 2. The minimum absolute atomic E-state index is 0.0316. The molecule has 21 heavy (non-hydrogen) atoms. The number of nitro groups is 1. The lowest BCUT2D eigenvalue weighted by Crippen LogP contribution is -2.15. The van der Waals surface area contributed by atoms with Crippen molar-refractivity contribution in [3.05, 3.63) is 57.4 Å². The Morgan fingerprint density at radius 3 is 2.62 bits per heavy atom. The molecule has 3 N–H and O–H groups in total. The van der Waals surface area contributed by atoms with Crippen LogP contribution in [0.5, 0.6) is 0 Å². The average Bonchev–Trinajstić information content (AvgIpc) is 2.37. The van der Waals surface area contributed by atoms with Crippen molar-refractivity contribution in [1.82, 2.24) is 4.98 Å². The van der Waals surface area contributed by atoms with Crippen LogP contribution in [0.1, 0.15) is 17.0 Å². The van der Waals surface area contributed by atoms with E-state index in [-0.39, 0.29) is 11.5 Å². The number of amidine groups is 1. The van der Waals surface area contributed by atoms with E-state index >= 15 is 0 Å². The topological polar surface area (TPSA) is 106 Å². The molecular weight excluding hydrogens is 288 g/mol. The standard InChI is InChI=1S/C14H14N4O2S/c1-8-7-12(13(14(15)16)9(2)17-8)21-11-6-4-3-5-10(11)18(19)20/h3-7H,1-2H3,(H3,15,16). The summed E-state index contributed by atoms with van der Waals surface area (Å²) in [6.07, 6.45) is 0. The van der Waals surface area contributed by atoms with Crippen LogP contribution in [-0.2, 0) is 0 Å². The highest BCUT2D eigenvalue weighted by molar-refractivity contribution is 7.99. The molecule has 6 nitrogen and oxygen atoms in total. The molecule has 0 atom stereocenters. The number of nitrogens with one attached hydrogen (secondary N) is 1. The average molecular weight is 302 g/mol. The van der Waals surface area contributed by atoms with Gasteiger partial charge < -0.3 is 5.73 Å². The monoisotopic (exact) mass is 302 g/mol. The lowest BCUT2D eigenvalue weighted by Gasteiger charge is -2.11. The molecule has 108 valence electrons. The second-order valence-electron chi connectivity index (χ2n) is 4.46. The van der Waals surface area contributed by atoms with Crippen molar-refractivity contribution in [3.8, 4) is 0 Å². The normalized spacial score (nSPS) is 10.4. The number of benzene rings is 1. The number of aromatic nitrogens is 1. The Hall–Kier alpha value is -2.41. The van der Waals surface area contributed by atoms with Gasteiger partial charge in [0, 0.05) is 22.3 Å². The third-order valence-corrected chi connectivity index (χ3v) is 3.95. The van der Waals surface area contributed by atoms with Gasteiger partial charge in [-0.15, -0.1) is 0 Å². The van der Waals surface area contributed by atoms with Crippen molar-refractivity contribution >= 4 is 23.3 Å². The molecule has 0 amide bonds. The van der Waals surface area contributed by atoms with Gasteiger partial charge in [-0.05, 0) is 26.0 Å². The minimum Gasteiger partial charge on any atom is -0.384 e. The summed E-state index contributed by atoms with van der Waals surface area (Å²) in [5.41, 5.74) is 7.58. The quantitative estimate of drug-likeness (QED) is 0.391. The Morgan fingerprint density at radius 1 is 1.33 bits per heavy atom. The highest BCUT2D eigenvalue weighted by Gasteiger charge is 2.18. The first kappa shape index (κ1) is 15.0. The molecule has 2 aromatic rings. The van der Waals surface area contributed by atoms with Crippen LogP contribution in [0.2, 0.25) is 0 Å². The largest absolute Gasteiger partial charge is 0.384 e. The number of nitrogen functional groups attached to an aromatic ring is 1. The Kier molecular flexibility index (Phi) is 4.23. The molecule has 1 aromatic heterocycles. The molecule has 1 heterocycles. The SMILES string of the molecule is Cc1cc(Sc2ccccc2[N+](=O)[O-])c(C(=N)N)c(C)n1. The number of nitrogens with two attached hydrogens (primary N) is 1. The zero-order chi connectivity index (χ0) is 15.6. The summed E-state index contributed by atoms with van der Waals surface area (Å²) in [6, 6.07) is 8.28. The van der Waals surface area contributed by atoms with Gasteiger partial charge in [-0.3, -0.25) is 20.5 Å². The molecule has 0 spiro atoms. The second kappa shape index (κ2) is 5.92. The van der Waals surface area contributed by atoms with Crippen LogP contribution in [0.25, 0.3) is 0 Å². The summed E-state index contributed by atoms with van der Waals surface area (Å²) in [7, 11) is 0. The lowest BCUT2D eigenvalue weighted by atomic mass is 10.1. The maximum Gasteiger partial charge on any atom is 0.283 e. The van der Waals surface area contributed by atoms with Crippen molar-refractivity contribution in [3.63, 3.8) is 0 Å². The summed E-state index contributed by atoms with van der Waals surface area (Å²) < 4.78 is 0. The minimum atomic E-state index is -0.420. The number of nitro benzene ring substituents is 1. The Labute approximate surface area is 126 Å². The molecule has 0 saturated heterocycles. The fourth-order valence-corrected chi connectivity index (χ4v) is 3.23. The van der Waals surface area contributed by atoms with Gasteiger partial charge >= 0.3 is 0 Å². The Bertz CT molecular complexity index is 731. The van der Waals surface area contributed by atoms with Gasteiger partial charge in [0.1, 0.15) is 5.84 Å². The van der Waals surface area contributed by atoms with Gasteiger partial charge in [0.2, 0.25) is 0 Å². The molecule has 0 aliphatic heterocycles. The van der Waals surface area contributed by atoms with Crippen LogP contribution in [-0.4, -0.2) is 15.7 Å². The second-order valence-corrected chi connectivity index (χ2v) is 5.55. The van der Waals surface area contributed by atoms with Crippen molar-refractivity contribution in [2.75, 3.05) is 0 Å². The molecule has 0 bridgehead atoms. The van der Waals surface area contributed by atoms with Gasteiger partial charge in [0.25, 0.3) is 5.69 Å². The van der Waals surface area contributed by atoms with E-state index in [2.05, 4.69) is 4.98 Å². The molecule has 1 aromatic carbocycles. The molecule has 0 saturated carbocycles. The van der Waals surface area contributed by atoms with Crippen LogP contribution in [0.15, 0.2) is 40.1 Å². The molecular formula is C14H14N4O2S. The fourth-order valence-electron chi connectivity index (χ4n) is 2.01. The smallest absolute Gasteiger partial charge is 0.283 e. The van der Waals surface area contributed by atoms with Crippen LogP contribution in [0.4, 0.5) is 5.69 Å². The number of pyridine rings is 1. The highest BCUT2D eigenvalue weighted by Crippen LogP contribution is 2.37. The van der Waals surface area contributed by atoms with Crippen LogP contribution >= 0.6 is 11.8 Å². The van der Waals surface area contributed by atoms with Crippen molar-refractivity contribution < 1.29 is 4.92 Å². The molecule has 2 rings (SSSR count). The van der Waals surface area contributed by atoms with E-state index in [9.17, 15) is 10.1 Å². The first-order chi connectivity index (χ1) is 9.90. The van der Waals surface area contributed by atoms with Crippen molar-refractivity contribution in [1.29, 1.82) is 5.41 Å². The first-order valence-electron chi connectivity index (χ1n) is 6.14. The molecule has 0 radical (unpaired) electrons. The number of hydrogen-bond acceptors (Lipinski definition) is 5. The molecule has 0 aliphatic carbocycles. The van der Waals surface area contributed by atoms with E-state index in [1.807, 2.05) is 6.92 Å². The maximum atomic E-state index is 11.1. The van der Waals surface area contributed by atoms with E-state index in [1.54, 1.807) is 31.2 Å². The van der Waals surface area contributed by atoms with E-state index in [4.69, 9.17) is 11.1 Å². The summed E-state index contributed by atoms with van der Waals surface area (Å²) >= 11 is 1.22. The number of rotatable bonds is 4. The summed E-state index contributed by atoms with van der Waals surface area (Å²) in [5, 5.41) is 18.8. The number of para-hydroxylation sites is 1. The van der Waals surface area contributed by atoms with Crippen LogP contribution < -0.4 is 5.73 Å². The van der Waals surface area contributed by atoms with Gasteiger partial charge in [0.15, 0.2) is 0 Å². The third kappa shape index (κ3) is 3.19. The van der Waals surface area contributed by atoms with Crippen molar-refractivity contribution in [2.45, 2.75) is 23.6 Å². The number of nitrogens with zero attached hydrogens (tertiary/aromatic N) is 2. The third-order valence-electron chi connectivity index (χ3n) is 2.84. The molecule has 7 heteroatoms. The summed E-state index contributed by atoms with van der Waals surface area (Å²) in [5.74, 6) is -0.0962. The zero-order valence-electron chi connectivity index (χ0n) is 11.6. The van der Waals surface area contributed by atoms with Gasteiger partial charge in [-0.1, -0.05) is 23.9 Å². The van der Waals surface area contributed by atoms with Crippen molar-refractivity contribution in [2.24, 2.45) is 5.73 Å². The van der Waals surface area contributed by atoms with E-state index in [1.165, 1.54) is 17.8 Å². The predicted octanol–water partition coefficient (Wildman–Crippen LogP) is 3.04. The Morgan fingerprint density at radius 2 is 2.00 bits per heavy atom. The van der Waals surface area contributed by atoms with Crippen LogP contribution in [0, 0.1) is 29.4 Å². The predicted molar refractivity (Wildman–Crippen MR) is 81.9 cm³/mol. The molecule has 0 unspecified atom stereocenters. The zero-order valence-corrected chi connectivity index (χ0v) is 12.4. The summed E-state index contributed by atoms with van der Waals surface area (Å²) in [6.45, 7) is 3.60. The van der Waals surface area contributed by atoms with Crippen LogP contribution in [0.3, 0.4) is 0 Å². The highest BCUT2D eigenvalue weighted by atomic mass is 32.2. The first-order valence-corrected chi connectivity index (χ1v) is 6.95. The molecule has 0 fully saturated rings. The van der Waals surface area contributed by atoms with Gasteiger partial charge in [0.05, 0.1) is 15.4 Å². The van der Waals surface area contributed by atoms with Gasteiger partial charge in [-0.25, -0.2) is 0 Å². The Balaban J connectivity index is 2.54. The summed E-state index contributed by atoms with van der Waals surface area (Å²) in [4.78, 5) is 16.1. The molecule has 0 aliphatic rings. The van der Waals surface area contributed by atoms with Gasteiger partial charge in [-0.2, -0.15) is 0 Å². The van der Waals surface area contributed by atoms with E-state index in [0.29, 0.717) is 21.0 Å². The van der Waals surface area contributed by atoms with E-state index in [0.717, 1.165) is 5.69 Å². The maximum absolute atomic E-state index is 11.1. The van der Waals surface area contributed by atoms with E-state index < -0.39 is 4.92 Å². The number of aryl methyl sites for hydroxylation is 2.